The van der Waals surface area contributed by atoms with Gasteiger partial charge in [0.05, 0.1) is 0 Å². The summed E-state index contributed by atoms with van der Waals surface area (Å²) in [4.78, 5) is 38.1. The molecule has 0 aromatic carbocycles. The highest BCUT2D eigenvalue weighted by molar-refractivity contribution is 5.71. The molecule has 0 aliphatic rings. The molecule has 0 aliphatic heterocycles. The van der Waals surface area contributed by atoms with Crippen LogP contribution in [-0.4, -0.2) is 37.2 Å². The Hall–Kier alpha value is -2.89. The van der Waals surface area contributed by atoms with E-state index in [4.69, 9.17) is 14.2 Å². The zero-order valence-electron chi connectivity index (χ0n) is 47.2. The Morgan fingerprint density at radius 2 is 0.549 bits per heavy atom. The SMILES string of the molecule is CC/C=C\C/C=C\C/C=C\C/C=C\CCCCCCCCCCCCCCC(=O)OCC(COC(=O)CCCCCCCCCCC)OC(=O)CCCCCCCCCCC/C=C\CCCCCCCC. The van der Waals surface area contributed by atoms with E-state index in [9.17, 15) is 14.4 Å². The number of hydrogen-bond acceptors (Lipinski definition) is 6. The molecule has 412 valence electrons. The van der Waals surface area contributed by atoms with Crippen molar-refractivity contribution in [1.82, 2.24) is 0 Å². The molecule has 0 aromatic rings. The monoisotopic (exact) mass is 993 g/mol. The lowest BCUT2D eigenvalue weighted by atomic mass is 10.0. The first kappa shape index (κ1) is 68.1. The lowest BCUT2D eigenvalue weighted by Crippen LogP contribution is -2.30. The minimum atomic E-state index is -0.773. The van der Waals surface area contributed by atoms with Crippen LogP contribution in [0.3, 0.4) is 0 Å². The molecule has 0 aromatic heterocycles. The Labute approximate surface area is 440 Å². The van der Waals surface area contributed by atoms with Gasteiger partial charge in [-0.2, -0.15) is 0 Å². The molecule has 71 heavy (non-hydrogen) atoms. The molecule has 0 N–H and O–H groups in total. The van der Waals surface area contributed by atoms with Gasteiger partial charge in [0.25, 0.3) is 0 Å². The molecule has 0 radical (unpaired) electrons. The summed E-state index contributed by atoms with van der Waals surface area (Å²) in [6, 6.07) is 0. The fourth-order valence-electron chi connectivity index (χ4n) is 8.90. The van der Waals surface area contributed by atoms with Gasteiger partial charge in [-0.3, -0.25) is 14.4 Å². The van der Waals surface area contributed by atoms with Crippen molar-refractivity contribution in [3.63, 3.8) is 0 Å². The van der Waals surface area contributed by atoms with E-state index in [-0.39, 0.29) is 31.1 Å². The van der Waals surface area contributed by atoms with Gasteiger partial charge < -0.3 is 14.2 Å². The summed E-state index contributed by atoms with van der Waals surface area (Å²) in [5.41, 5.74) is 0. The van der Waals surface area contributed by atoms with Crippen LogP contribution >= 0.6 is 0 Å². The van der Waals surface area contributed by atoms with Gasteiger partial charge in [-0.05, 0) is 83.5 Å². The average Bonchev–Trinajstić information content (AvgIpc) is 3.37. The van der Waals surface area contributed by atoms with Gasteiger partial charge in [0.1, 0.15) is 13.2 Å². The standard InChI is InChI=1S/C65H116O6/c1-4-7-10-13-16-19-21-23-25-27-29-30-31-32-33-34-36-37-39-41-43-46-49-52-55-58-64(67)70-61-62(60-69-63(66)57-54-51-48-45-18-15-12-9-6-3)71-65(68)59-56-53-50-47-44-42-40-38-35-28-26-24-22-20-17-14-11-8-5-2/h7,10,16,19,23-26,29-30,62H,4-6,8-9,11-15,17-18,20-22,27-28,31-61H2,1-3H3/b10-7-,19-16-,25-23-,26-24-,30-29-. The van der Waals surface area contributed by atoms with Crippen molar-refractivity contribution >= 4 is 17.9 Å². The van der Waals surface area contributed by atoms with E-state index in [1.807, 2.05) is 0 Å². The van der Waals surface area contributed by atoms with Crippen LogP contribution in [0.5, 0.6) is 0 Å². The van der Waals surface area contributed by atoms with Crippen molar-refractivity contribution in [1.29, 1.82) is 0 Å². The number of rotatable bonds is 56. The van der Waals surface area contributed by atoms with Crippen molar-refractivity contribution in [2.75, 3.05) is 13.2 Å². The molecule has 0 rings (SSSR count). The van der Waals surface area contributed by atoms with Gasteiger partial charge in [0, 0.05) is 19.3 Å². The molecule has 0 aliphatic carbocycles. The van der Waals surface area contributed by atoms with Crippen LogP contribution < -0.4 is 0 Å². The Morgan fingerprint density at radius 1 is 0.296 bits per heavy atom. The Bertz CT molecular complexity index is 1280. The highest BCUT2D eigenvalue weighted by Crippen LogP contribution is 2.16. The fourth-order valence-corrected chi connectivity index (χ4v) is 8.90. The van der Waals surface area contributed by atoms with Crippen molar-refractivity contribution in [2.24, 2.45) is 0 Å². The second-order valence-electron chi connectivity index (χ2n) is 20.6. The third-order valence-corrected chi connectivity index (χ3v) is 13.5. The summed E-state index contributed by atoms with van der Waals surface area (Å²) >= 11 is 0. The first-order valence-electron chi connectivity index (χ1n) is 30.8. The van der Waals surface area contributed by atoms with Crippen LogP contribution in [0.25, 0.3) is 0 Å². The predicted molar refractivity (Wildman–Crippen MR) is 307 cm³/mol. The first-order chi connectivity index (χ1) is 35.0. The third kappa shape index (κ3) is 57.9. The van der Waals surface area contributed by atoms with Gasteiger partial charge >= 0.3 is 17.9 Å². The molecule has 0 bridgehead atoms. The van der Waals surface area contributed by atoms with E-state index < -0.39 is 6.10 Å². The van der Waals surface area contributed by atoms with Gasteiger partial charge in [-0.1, -0.05) is 274 Å². The summed E-state index contributed by atoms with van der Waals surface area (Å²) in [6.07, 6.45) is 75.2. The maximum Gasteiger partial charge on any atom is 0.306 e. The van der Waals surface area contributed by atoms with E-state index in [2.05, 4.69) is 81.5 Å². The van der Waals surface area contributed by atoms with E-state index >= 15 is 0 Å². The Kier molecular flexibility index (Phi) is 57.2. The second kappa shape index (κ2) is 59.7. The highest BCUT2D eigenvalue weighted by Gasteiger charge is 2.19. The van der Waals surface area contributed by atoms with Crippen LogP contribution in [0.4, 0.5) is 0 Å². The number of allylic oxidation sites excluding steroid dienone is 10. The first-order valence-corrected chi connectivity index (χ1v) is 30.8. The number of hydrogen-bond donors (Lipinski definition) is 0. The smallest absolute Gasteiger partial charge is 0.306 e. The number of unbranched alkanes of at least 4 members (excludes halogenated alkanes) is 35. The van der Waals surface area contributed by atoms with Gasteiger partial charge in [0.15, 0.2) is 6.10 Å². The lowest BCUT2D eigenvalue weighted by molar-refractivity contribution is -0.167. The Morgan fingerprint density at radius 3 is 0.873 bits per heavy atom. The molecule has 0 amide bonds. The van der Waals surface area contributed by atoms with Crippen molar-refractivity contribution in [2.45, 2.75) is 322 Å². The number of ether oxygens (including phenoxy) is 3. The summed E-state index contributed by atoms with van der Waals surface area (Å²) in [5, 5.41) is 0. The van der Waals surface area contributed by atoms with Crippen LogP contribution in [0.2, 0.25) is 0 Å². The molecule has 0 heterocycles. The number of carbonyl (C=O) groups excluding carboxylic acids is 3. The molecule has 1 atom stereocenters. The normalized spacial score (nSPS) is 12.4. The van der Waals surface area contributed by atoms with E-state index in [1.165, 1.54) is 193 Å². The van der Waals surface area contributed by atoms with E-state index in [0.29, 0.717) is 19.3 Å². The second-order valence-corrected chi connectivity index (χ2v) is 20.6. The molecule has 1 unspecified atom stereocenters. The minimum Gasteiger partial charge on any atom is -0.462 e. The molecule has 0 fully saturated rings. The summed E-state index contributed by atoms with van der Waals surface area (Å²) in [6.45, 7) is 6.54. The average molecular weight is 994 g/mol. The molecule has 0 saturated heterocycles. The third-order valence-electron chi connectivity index (χ3n) is 13.5. The Balaban J connectivity index is 4.20. The maximum atomic E-state index is 12.9. The van der Waals surface area contributed by atoms with E-state index in [1.54, 1.807) is 0 Å². The maximum absolute atomic E-state index is 12.9. The fraction of sp³-hybridized carbons (Fsp3) is 0.800. The topological polar surface area (TPSA) is 78.9 Å². The number of carbonyl (C=O) groups is 3. The van der Waals surface area contributed by atoms with Gasteiger partial charge in [-0.15, -0.1) is 0 Å². The highest BCUT2D eigenvalue weighted by atomic mass is 16.6. The van der Waals surface area contributed by atoms with Gasteiger partial charge in [-0.25, -0.2) is 0 Å². The van der Waals surface area contributed by atoms with Crippen molar-refractivity contribution in [3.8, 4) is 0 Å². The summed E-state index contributed by atoms with van der Waals surface area (Å²) < 4.78 is 16.9. The molecule has 0 saturated carbocycles. The molecular formula is C65H116O6. The zero-order valence-corrected chi connectivity index (χ0v) is 47.2. The quantitative estimate of drug-likeness (QED) is 0.0261. The van der Waals surface area contributed by atoms with Crippen LogP contribution in [-0.2, 0) is 28.6 Å². The van der Waals surface area contributed by atoms with Crippen molar-refractivity contribution < 1.29 is 28.6 Å². The minimum absolute atomic E-state index is 0.0720. The van der Waals surface area contributed by atoms with Crippen LogP contribution in [0, 0.1) is 0 Å². The van der Waals surface area contributed by atoms with Crippen LogP contribution in [0.1, 0.15) is 316 Å². The molecule has 6 heteroatoms. The molecular weight excluding hydrogens is 877 g/mol. The lowest BCUT2D eigenvalue weighted by Gasteiger charge is -2.18. The largest absolute Gasteiger partial charge is 0.462 e. The van der Waals surface area contributed by atoms with Crippen LogP contribution in [0.15, 0.2) is 60.8 Å². The van der Waals surface area contributed by atoms with E-state index in [0.717, 1.165) is 83.5 Å². The summed E-state index contributed by atoms with van der Waals surface area (Å²) in [5.74, 6) is -0.864. The van der Waals surface area contributed by atoms with Gasteiger partial charge in [0.2, 0.25) is 0 Å². The summed E-state index contributed by atoms with van der Waals surface area (Å²) in [7, 11) is 0. The number of esters is 3. The van der Waals surface area contributed by atoms with Crippen molar-refractivity contribution in [3.05, 3.63) is 60.8 Å². The zero-order chi connectivity index (χ0) is 51.4. The molecule has 0 spiro atoms. The predicted octanol–water partition coefficient (Wildman–Crippen LogP) is 20.8. The molecule has 6 nitrogen and oxygen atoms in total.